The van der Waals surface area contributed by atoms with Crippen LogP contribution in [0.1, 0.15) is 43.0 Å². The molecule has 1 unspecified atom stereocenters. The summed E-state index contributed by atoms with van der Waals surface area (Å²) in [6.45, 7) is 5.42. The number of hydrogen-bond acceptors (Lipinski definition) is 5. The highest BCUT2D eigenvalue weighted by Crippen LogP contribution is 2.17. The number of nitrogens with zero attached hydrogens (tertiary/aromatic N) is 3. The van der Waals surface area contributed by atoms with Gasteiger partial charge in [-0.2, -0.15) is 0 Å². The van der Waals surface area contributed by atoms with Crippen molar-refractivity contribution in [3.63, 3.8) is 0 Å². The molecule has 1 aromatic heterocycles. The maximum absolute atomic E-state index is 11.8. The molecule has 0 saturated heterocycles. The Bertz CT molecular complexity index is 514. The number of aromatic nitrogens is 2. The Hall–Kier alpha value is -2.18. The Morgan fingerprint density at radius 3 is 2.35 bits per heavy atom. The van der Waals surface area contributed by atoms with Crippen LogP contribution >= 0.6 is 0 Å². The highest BCUT2D eigenvalue weighted by molar-refractivity contribution is 5.93. The molecule has 0 bridgehead atoms. The number of carbonyl (C=O) groups is 2. The number of carbonyl (C=O) groups excluding carboxylic acids is 1. The zero-order valence-electron chi connectivity index (χ0n) is 12.3. The number of carboxylic acids is 1. The topological polar surface area (TPSA) is 95.4 Å². The summed E-state index contributed by atoms with van der Waals surface area (Å²) in [6, 6.07) is -0.559. The van der Waals surface area contributed by atoms with Crippen molar-refractivity contribution in [2.45, 2.75) is 32.7 Å². The number of amides is 1. The largest absolute Gasteiger partial charge is 0.476 e. The second-order valence-corrected chi connectivity index (χ2v) is 5.05. The molecular formula is C13H20N4O3. The summed E-state index contributed by atoms with van der Waals surface area (Å²) in [5.74, 6) is -0.821. The van der Waals surface area contributed by atoms with Crippen LogP contribution in [-0.4, -0.2) is 52.0 Å². The van der Waals surface area contributed by atoms with Gasteiger partial charge >= 0.3 is 5.97 Å². The Kier molecular flexibility index (Phi) is 5.01. The summed E-state index contributed by atoms with van der Waals surface area (Å²) in [5.41, 5.74) is 0.117. The summed E-state index contributed by atoms with van der Waals surface area (Å²) in [5, 5.41) is 12.0. The predicted octanol–water partition coefficient (Wildman–Crippen LogP) is 1.19. The SMILES string of the molecule is CC(Nc1cnc(C(C)C)nc1C(=O)O)C(=O)N(C)C. The summed E-state index contributed by atoms with van der Waals surface area (Å²) in [4.78, 5) is 32.6. The summed E-state index contributed by atoms with van der Waals surface area (Å²) >= 11 is 0. The summed E-state index contributed by atoms with van der Waals surface area (Å²) < 4.78 is 0. The van der Waals surface area contributed by atoms with Crippen LogP contribution in [0.25, 0.3) is 0 Å². The minimum Gasteiger partial charge on any atom is -0.476 e. The number of rotatable bonds is 5. The fourth-order valence-corrected chi connectivity index (χ4v) is 1.62. The molecule has 110 valence electrons. The lowest BCUT2D eigenvalue weighted by Gasteiger charge is -2.19. The van der Waals surface area contributed by atoms with Gasteiger partial charge in [0.1, 0.15) is 11.9 Å². The normalized spacial score (nSPS) is 12.1. The van der Waals surface area contributed by atoms with Crippen LogP contribution in [0.5, 0.6) is 0 Å². The third-order valence-electron chi connectivity index (χ3n) is 2.71. The van der Waals surface area contributed by atoms with E-state index < -0.39 is 12.0 Å². The second-order valence-electron chi connectivity index (χ2n) is 5.05. The molecule has 0 aromatic carbocycles. The van der Waals surface area contributed by atoms with Gasteiger partial charge in [-0.25, -0.2) is 14.8 Å². The Morgan fingerprint density at radius 2 is 1.90 bits per heavy atom. The zero-order chi connectivity index (χ0) is 15.4. The molecule has 0 spiro atoms. The highest BCUT2D eigenvalue weighted by atomic mass is 16.4. The van der Waals surface area contributed by atoms with Gasteiger partial charge < -0.3 is 15.3 Å². The van der Waals surface area contributed by atoms with Gasteiger partial charge in [0.2, 0.25) is 5.91 Å². The number of anilines is 1. The van der Waals surface area contributed by atoms with E-state index in [2.05, 4.69) is 15.3 Å². The van der Waals surface area contributed by atoms with E-state index in [4.69, 9.17) is 0 Å². The Morgan fingerprint density at radius 1 is 1.30 bits per heavy atom. The first-order chi connectivity index (χ1) is 9.23. The van der Waals surface area contributed by atoms with Gasteiger partial charge in [-0.15, -0.1) is 0 Å². The van der Waals surface area contributed by atoms with Crippen LogP contribution in [0.15, 0.2) is 6.20 Å². The molecule has 0 aliphatic rings. The average Bonchev–Trinajstić information content (AvgIpc) is 2.37. The van der Waals surface area contributed by atoms with E-state index in [1.54, 1.807) is 21.0 Å². The van der Waals surface area contributed by atoms with E-state index in [0.29, 0.717) is 5.82 Å². The molecule has 2 N–H and O–H groups in total. The third kappa shape index (κ3) is 3.66. The molecular weight excluding hydrogens is 260 g/mol. The molecule has 0 aliphatic heterocycles. The lowest BCUT2D eigenvalue weighted by molar-refractivity contribution is -0.129. The van der Waals surface area contributed by atoms with Crippen molar-refractivity contribution in [3.05, 3.63) is 17.7 Å². The molecule has 1 aromatic rings. The summed E-state index contributed by atoms with van der Waals surface area (Å²) in [7, 11) is 3.27. The van der Waals surface area contributed by atoms with Crippen LogP contribution in [-0.2, 0) is 4.79 Å². The van der Waals surface area contributed by atoms with Gasteiger partial charge in [0.15, 0.2) is 5.69 Å². The van der Waals surface area contributed by atoms with Gasteiger partial charge in [0.25, 0.3) is 0 Å². The van der Waals surface area contributed by atoms with Crippen LogP contribution in [0.2, 0.25) is 0 Å². The van der Waals surface area contributed by atoms with E-state index in [1.807, 2.05) is 13.8 Å². The molecule has 7 nitrogen and oxygen atoms in total. The standard InChI is InChI=1S/C13H20N4O3/c1-7(2)11-14-6-9(10(16-11)13(19)20)15-8(3)12(18)17(4)5/h6-8,15H,1-5H3,(H,19,20). The molecule has 1 amide bonds. The fourth-order valence-electron chi connectivity index (χ4n) is 1.62. The monoisotopic (exact) mass is 280 g/mol. The first-order valence-corrected chi connectivity index (χ1v) is 6.32. The minimum atomic E-state index is -1.15. The number of hydrogen-bond donors (Lipinski definition) is 2. The number of carboxylic acid groups (broad SMARTS) is 1. The van der Waals surface area contributed by atoms with Gasteiger partial charge in [-0.3, -0.25) is 4.79 Å². The van der Waals surface area contributed by atoms with Crippen LogP contribution in [0, 0.1) is 0 Å². The Balaban J connectivity index is 3.06. The van der Waals surface area contributed by atoms with Gasteiger partial charge in [-0.05, 0) is 6.92 Å². The molecule has 0 saturated carbocycles. The molecule has 1 heterocycles. The lowest BCUT2D eigenvalue weighted by atomic mass is 10.2. The molecule has 7 heteroatoms. The average molecular weight is 280 g/mol. The zero-order valence-corrected chi connectivity index (χ0v) is 12.3. The molecule has 1 atom stereocenters. The van der Waals surface area contributed by atoms with E-state index in [1.165, 1.54) is 11.1 Å². The fraction of sp³-hybridized carbons (Fsp3) is 0.538. The van der Waals surface area contributed by atoms with E-state index in [9.17, 15) is 14.7 Å². The first kappa shape index (κ1) is 15.9. The predicted molar refractivity (Wildman–Crippen MR) is 74.9 cm³/mol. The Labute approximate surface area is 118 Å². The molecule has 0 radical (unpaired) electrons. The number of likely N-dealkylation sites (N-methyl/N-ethyl adjacent to an activating group) is 1. The van der Waals surface area contributed by atoms with Crippen LogP contribution < -0.4 is 5.32 Å². The first-order valence-electron chi connectivity index (χ1n) is 6.32. The lowest BCUT2D eigenvalue weighted by Crippen LogP contribution is -2.37. The maximum Gasteiger partial charge on any atom is 0.356 e. The third-order valence-corrected chi connectivity index (χ3v) is 2.71. The summed E-state index contributed by atoms with van der Waals surface area (Å²) in [6.07, 6.45) is 1.41. The van der Waals surface area contributed by atoms with Gasteiger partial charge in [0.05, 0.1) is 11.9 Å². The van der Waals surface area contributed by atoms with Crippen molar-refractivity contribution in [2.75, 3.05) is 19.4 Å². The van der Waals surface area contributed by atoms with Crippen molar-refractivity contribution in [1.82, 2.24) is 14.9 Å². The van der Waals surface area contributed by atoms with Gasteiger partial charge in [0, 0.05) is 20.0 Å². The molecule has 0 aliphatic carbocycles. The number of nitrogens with one attached hydrogen (secondary N) is 1. The second kappa shape index (κ2) is 6.31. The van der Waals surface area contributed by atoms with Crippen molar-refractivity contribution in [1.29, 1.82) is 0 Å². The number of aromatic carboxylic acids is 1. The van der Waals surface area contributed by atoms with Crippen molar-refractivity contribution >= 4 is 17.6 Å². The van der Waals surface area contributed by atoms with Gasteiger partial charge in [-0.1, -0.05) is 13.8 Å². The molecule has 1 rings (SSSR count). The van der Waals surface area contributed by atoms with Crippen LogP contribution in [0.4, 0.5) is 5.69 Å². The van der Waals surface area contributed by atoms with E-state index in [0.717, 1.165) is 0 Å². The van der Waals surface area contributed by atoms with Crippen molar-refractivity contribution < 1.29 is 14.7 Å². The smallest absolute Gasteiger partial charge is 0.356 e. The highest BCUT2D eigenvalue weighted by Gasteiger charge is 2.20. The van der Waals surface area contributed by atoms with Crippen LogP contribution in [0.3, 0.4) is 0 Å². The van der Waals surface area contributed by atoms with E-state index >= 15 is 0 Å². The molecule has 0 fully saturated rings. The van der Waals surface area contributed by atoms with Crippen molar-refractivity contribution in [3.8, 4) is 0 Å². The molecule has 20 heavy (non-hydrogen) atoms. The van der Waals surface area contributed by atoms with Crippen molar-refractivity contribution in [2.24, 2.45) is 0 Å². The maximum atomic E-state index is 11.8. The quantitative estimate of drug-likeness (QED) is 0.841. The minimum absolute atomic E-state index is 0.0305. The van der Waals surface area contributed by atoms with E-state index in [-0.39, 0.29) is 23.2 Å².